The molecule has 0 aromatic heterocycles. The zero-order valence-corrected chi connectivity index (χ0v) is 28.4. The van der Waals surface area contributed by atoms with E-state index < -0.39 is 28.5 Å². The molecule has 1 N–H and O–H groups in total. The van der Waals surface area contributed by atoms with Crippen molar-refractivity contribution in [3.05, 3.63) is 130 Å². The Balaban J connectivity index is 1.80. The number of rotatable bonds is 14. The molecule has 0 saturated heterocycles. The topological polar surface area (TPSA) is 86.8 Å². The van der Waals surface area contributed by atoms with Gasteiger partial charge in [-0.1, -0.05) is 108 Å². The minimum absolute atomic E-state index is 0.0791. The summed E-state index contributed by atoms with van der Waals surface area (Å²) in [7, 11) is -4.14. The van der Waals surface area contributed by atoms with E-state index in [-0.39, 0.29) is 23.8 Å². The lowest BCUT2D eigenvalue weighted by Crippen LogP contribution is -2.53. The molecule has 0 bridgehead atoms. The van der Waals surface area contributed by atoms with Crippen LogP contribution in [0.15, 0.2) is 112 Å². The van der Waals surface area contributed by atoms with E-state index in [0.29, 0.717) is 12.2 Å². The number of amides is 2. The molecule has 0 spiro atoms. The standard InChI is InChI=1S/C36H40BrN3O4S/c1-4-5-22-38-36(42)34(24-29-12-8-6-9-13-29)39(25-30-17-19-31(37)20-18-30)35(41)26-40(33-21-16-27(2)23-28(33)3)45(43,44)32-14-10-7-11-15-32/h6-21,23,34H,4-5,22,24-26H2,1-3H3,(H,38,42). The van der Waals surface area contributed by atoms with Crippen LogP contribution in [-0.4, -0.2) is 44.3 Å². The number of halogens is 1. The lowest BCUT2D eigenvalue weighted by molar-refractivity contribution is -0.140. The van der Waals surface area contributed by atoms with Gasteiger partial charge >= 0.3 is 0 Å². The smallest absolute Gasteiger partial charge is 0.264 e. The average Bonchev–Trinajstić information content (AvgIpc) is 3.03. The largest absolute Gasteiger partial charge is 0.354 e. The Morgan fingerprint density at radius 2 is 1.49 bits per heavy atom. The SMILES string of the molecule is CCCCNC(=O)C(Cc1ccccc1)N(Cc1ccc(Br)cc1)C(=O)CN(c1ccc(C)cc1C)S(=O)(=O)c1ccccc1. The minimum Gasteiger partial charge on any atom is -0.354 e. The van der Waals surface area contributed by atoms with Gasteiger partial charge in [-0.05, 0) is 67.3 Å². The van der Waals surface area contributed by atoms with Gasteiger partial charge in [0, 0.05) is 24.0 Å². The van der Waals surface area contributed by atoms with Crippen LogP contribution in [0.5, 0.6) is 0 Å². The van der Waals surface area contributed by atoms with Crippen molar-refractivity contribution in [1.82, 2.24) is 10.2 Å². The third kappa shape index (κ3) is 9.05. The Bertz CT molecular complexity index is 1680. The number of hydrogen-bond donors (Lipinski definition) is 1. The summed E-state index contributed by atoms with van der Waals surface area (Å²) in [5.41, 5.74) is 3.82. The first-order valence-corrected chi connectivity index (χ1v) is 17.3. The number of anilines is 1. The monoisotopic (exact) mass is 689 g/mol. The Hall–Kier alpha value is -3.95. The van der Waals surface area contributed by atoms with Crippen molar-refractivity contribution in [1.29, 1.82) is 0 Å². The molecule has 45 heavy (non-hydrogen) atoms. The second kappa shape index (κ2) is 15.9. The maximum atomic E-state index is 14.6. The van der Waals surface area contributed by atoms with Gasteiger partial charge in [-0.3, -0.25) is 13.9 Å². The second-order valence-corrected chi connectivity index (χ2v) is 13.9. The van der Waals surface area contributed by atoms with Crippen LogP contribution < -0.4 is 9.62 Å². The first kappa shape index (κ1) is 33.9. The van der Waals surface area contributed by atoms with Crippen molar-refractivity contribution in [2.24, 2.45) is 0 Å². The zero-order valence-electron chi connectivity index (χ0n) is 25.9. The molecular formula is C36H40BrN3O4S. The van der Waals surface area contributed by atoms with E-state index in [9.17, 15) is 18.0 Å². The molecule has 1 unspecified atom stereocenters. The molecule has 2 amide bonds. The van der Waals surface area contributed by atoms with Crippen LogP contribution in [0.1, 0.15) is 42.0 Å². The molecule has 0 aliphatic carbocycles. The molecule has 4 aromatic rings. The maximum absolute atomic E-state index is 14.6. The first-order valence-electron chi connectivity index (χ1n) is 15.1. The molecular weight excluding hydrogens is 650 g/mol. The number of nitrogens with zero attached hydrogens (tertiary/aromatic N) is 2. The van der Waals surface area contributed by atoms with Gasteiger partial charge in [0.05, 0.1) is 10.6 Å². The van der Waals surface area contributed by atoms with Crippen LogP contribution in [0.3, 0.4) is 0 Å². The first-order chi connectivity index (χ1) is 21.6. The van der Waals surface area contributed by atoms with Crippen LogP contribution in [0.25, 0.3) is 0 Å². The predicted octanol–water partition coefficient (Wildman–Crippen LogP) is 6.82. The highest BCUT2D eigenvalue weighted by atomic mass is 79.9. The number of aryl methyl sites for hydroxylation is 2. The van der Waals surface area contributed by atoms with Gasteiger partial charge in [0.15, 0.2) is 0 Å². The van der Waals surface area contributed by atoms with Crippen LogP contribution >= 0.6 is 15.9 Å². The van der Waals surface area contributed by atoms with Crippen LogP contribution in [0, 0.1) is 13.8 Å². The van der Waals surface area contributed by atoms with Gasteiger partial charge in [0.2, 0.25) is 11.8 Å². The molecule has 236 valence electrons. The summed E-state index contributed by atoms with van der Waals surface area (Å²) < 4.78 is 30.4. The molecule has 0 aliphatic heterocycles. The van der Waals surface area contributed by atoms with Crippen molar-refractivity contribution in [2.75, 3.05) is 17.4 Å². The van der Waals surface area contributed by atoms with Crippen LogP contribution in [0.4, 0.5) is 5.69 Å². The second-order valence-electron chi connectivity index (χ2n) is 11.1. The lowest BCUT2D eigenvalue weighted by atomic mass is 10.0. The summed E-state index contributed by atoms with van der Waals surface area (Å²) in [5.74, 6) is -0.759. The molecule has 0 aliphatic rings. The average molecular weight is 691 g/mol. The van der Waals surface area contributed by atoms with Gasteiger partial charge in [-0.2, -0.15) is 0 Å². The number of nitrogens with one attached hydrogen (secondary N) is 1. The summed E-state index contributed by atoms with van der Waals surface area (Å²) in [4.78, 5) is 30.0. The highest BCUT2D eigenvalue weighted by Gasteiger charge is 2.35. The molecule has 0 fully saturated rings. The van der Waals surface area contributed by atoms with Crippen LogP contribution in [0.2, 0.25) is 0 Å². The van der Waals surface area contributed by atoms with E-state index in [1.807, 2.05) is 87.5 Å². The zero-order chi connectivity index (χ0) is 32.4. The number of benzene rings is 4. The summed E-state index contributed by atoms with van der Waals surface area (Å²) in [6.07, 6.45) is 1.99. The van der Waals surface area contributed by atoms with Crippen molar-refractivity contribution >= 4 is 43.5 Å². The van der Waals surface area contributed by atoms with Gasteiger partial charge in [0.25, 0.3) is 10.0 Å². The Morgan fingerprint density at radius 1 is 0.844 bits per heavy atom. The molecule has 7 nitrogen and oxygen atoms in total. The van der Waals surface area contributed by atoms with E-state index in [0.717, 1.165) is 39.6 Å². The molecule has 9 heteroatoms. The fraction of sp³-hybridized carbons (Fsp3) is 0.278. The normalized spacial score (nSPS) is 11.9. The Labute approximate surface area is 275 Å². The molecule has 0 radical (unpaired) electrons. The Kier molecular flexibility index (Phi) is 12.0. The summed E-state index contributed by atoms with van der Waals surface area (Å²) in [6.45, 7) is 5.94. The third-order valence-corrected chi connectivity index (χ3v) is 9.90. The predicted molar refractivity (Wildman–Crippen MR) is 183 cm³/mol. The maximum Gasteiger partial charge on any atom is 0.264 e. The van der Waals surface area contributed by atoms with E-state index in [1.165, 1.54) is 21.3 Å². The molecule has 0 saturated carbocycles. The quantitative estimate of drug-likeness (QED) is 0.147. The van der Waals surface area contributed by atoms with Gasteiger partial charge in [0.1, 0.15) is 12.6 Å². The fourth-order valence-electron chi connectivity index (χ4n) is 5.16. The van der Waals surface area contributed by atoms with Crippen molar-refractivity contribution in [3.8, 4) is 0 Å². The Morgan fingerprint density at radius 3 is 2.11 bits per heavy atom. The van der Waals surface area contributed by atoms with Gasteiger partial charge < -0.3 is 10.2 Å². The summed E-state index contributed by atoms with van der Waals surface area (Å²) in [5, 5.41) is 3.02. The summed E-state index contributed by atoms with van der Waals surface area (Å²) in [6, 6.07) is 29.8. The highest BCUT2D eigenvalue weighted by molar-refractivity contribution is 9.10. The van der Waals surface area contributed by atoms with E-state index in [2.05, 4.69) is 21.2 Å². The fourth-order valence-corrected chi connectivity index (χ4v) is 6.93. The van der Waals surface area contributed by atoms with Crippen molar-refractivity contribution in [2.45, 2.75) is 57.5 Å². The number of carbonyl (C=O) groups excluding carboxylic acids is 2. The highest BCUT2D eigenvalue weighted by Crippen LogP contribution is 2.28. The molecule has 1 atom stereocenters. The van der Waals surface area contributed by atoms with Crippen molar-refractivity contribution in [3.63, 3.8) is 0 Å². The number of unbranched alkanes of at least 4 members (excludes halogenated alkanes) is 1. The lowest BCUT2D eigenvalue weighted by Gasteiger charge is -2.34. The number of hydrogen-bond acceptors (Lipinski definition) is 4. The molecule has 0 heterocycles. The van der Waals surface area contributed by atoms with Crippen LogP contribution in [-0.2, 0) is 32.6 Å². The number of carbonyl (C=O) groups is 2. The summed E-state index contributed by atoms with van der Waals surface area (Å²) >= 11 is 3.47. The van der Waals surface area contributed by atoms with Gasteiger partial charge in [-0.25, -0.2) is 8.42 Å². The van der Waals surface area contributed by atoms with Crippen molar-refractivity contribution < 1.29 is 18.0 Å². The molecule has 4 rings (SSSR count). The molecule has 4 aromatic carbocycles. The van der Waals surface area contributed by atoms with E-state index >= 15 is 0 Å². The number of sulfonamides is 1. The minimum atomic E-state index is -4.14. The van der Waals surface area contributed by atoms with Gasteiger partial charge in [-0.15, -0.1) is 0 Å². The van der Waals surface area contributed by atoms with E-state index in [1.54, 1.807) is 24.3 Å². The third-order valence-electron chi connectivity index (χ3n) is 7.60. The van der Waals surface area contributed by atoms with E-state index in [4.69, 9.17) is 0 Å².